The Labute approximate surface area is 226 Å². The second-order valence-corrected chi connectivity index (χ2v) is 8.57. The summed E-state index contributed by atoms with van der Waals surface area (Å²) in [4.78, 5) is 61.0. The van der Waals surface area contributed by atoms with Crippen molar-refractivity contribution < 1.29 is 38.2 Å². The number of hydrogen-bond acceptors (Lipinski definition) is 8. The van der Waals surface area contributed by atoms with Crippen molar-refractivity contribution in [2.45, 2.75) is 32.3 Å². The van der Waals surface area contributed by atoms with Gasteiger partial charge < -0.3 is 19.5 Å². The van der Waals surface area contributed by atoms with E-state index in [4.69, 9.17) is 14.2 Å². The van der Waals surface area contributed by atoms with E-state index in [1.165, 1.54) is 38.3 Å². The smallest absolute Gasteiger partial charge is 0.338 e. The van der Waals surface area contributed by atoms with Crippen LogP contribution in [-0.2, 0) is 19.1 Å². The van der Waals surface area contributed by atoms with E-state index < -0.39 is 18.0 Å². The topological polar surface area (TPSA) is 125 Å². The van der Waals surface area contributed by atoms with Crippen LogP contribution in [0, 0.1) is 0 Å². The molecule has 0 fully saturated rings. The Balaban J connectivity index is 1.36. The Bertz CT molecular complexity index is 1300. The third-order valence-corrected chi connectivity index (χ3v) is 5.68. The van der Waals surface area contributed by atoms with Crippen molar-refractivity contribution in [1.82, 2.24) is 0 Å². The third kappa shape index (κ3) is 8.92. The molecule has 0 bridgehead atoms. The van der Waals surface area contributed by atoms with Crippen molar-refractivity contribution in [3.05, 3.63) is 95.6 Å². The summed E-state index contributed by atoms with van der Waals surface area (Å²) in [7, 11) is 1.52. The molecule has 3 rings (SSSR count). The highest BCUT2D eigenvalue weighted by molar-refractivity contribution is 6.01. The molecule has 0 saturated carbocycles. The zero-order chi connectivity index (χ0) is 28.2. The molecule has 0 aliphatic rings. The zero-order valence-corrected chi connectivity index (χ0v) is 21.7. The van der Waals surface area contributed by atoms with Crippen LogP contribution in [0.25, 0.3) is 0 Å². The summed E-state index contributed by atoms with van der Waals surface area (Å²) in [5.74, 6) is -1.59. The molecule has 0 spiro atoms. The molecule has 9 heteroatoms. The maximum absolute atomic E-state index is 12.4. The Morgan fingerprint density at radius 3 is 2.05 bits per heavy atom. The summed E-state index contributed by atoms with van der Waals surface area (Å²) in [6, 6.07) is 21.0. The summed E-state index contributed by atoms with van der Waals surface area (Å²) >= 11 is 0. The maximum Gasteiger partial charge on any atom is 0.338 e. The van der Waals surface area contributed by atoms with Crippen LogP contribution >= 0.6 is 0 Å². The molecule has 0 aliphatic carbocycles. The highest BCUT2D eigenvalue weighted by Gasteiger charge is 2.20. The number of anilines is 1. The van der Waals surface area contributed by atoms with E-state index in [9.17, 15) is 24.0 Å². The van der Waals surface area contributed by atoms with E-state index in [0.717, 1.165) is 0 Å². The summed E-state index contributed by atoms with van der Waals surface area (Å²) in [6.07, 6.45) is -0.677. The number of amides is 1. The van der Waals surface area contributed by atoms with Crippen molar-refractivity contribution in [3.63, 3.8) is 0 Å². The van der Waals surface area contributed by atoms with Gasteiger partial charge >= 0.3 is 11.9 Å². The van der Waals surface area contributed by atoms with Gasteiger partial charge in [0, 0.05) is 29.7 Å². The van der Waals surface area contributed by atoms with E-state index in [1.54, 1.807) is 54.6 Å². The maximum atomic E-state index is 12.4. The first-order valence-corrected chi connectivity index (χ1v) is 12.3. The zero-order valence-electron chi connectivity index (χ0n) is 21.7. The van der Waals surface area contributed by atoms with E-state index in [2.05, 4.69) is 5.32 Å². The van der Waals surface area contributed by atoms with Crippen LogP contribution in [0.4, 0.5) is 5.69 Å². The first-order chi connectivity index (χ1) is 18.8. The molecule has 39 heavy (non-hydrogen) atoms. The van der Waals surface area contributed by atoms with Crippen molar-refractivity contribution in [1.29, 1.82) is 0 Å². The summed E-state index contributed by atoms with van der Waals surface area (Å²) in [6.45, 7) is 1.13. The number of nitrogens with one attached hydrogen (secondary N) is 1. The van der Waals surface area contributed by atoms with E-state index in [-0.39, 0.29) is 48.9 Å². The van der Waals surface area contributed by atoms with Gasteiger partial charge in [-0.25, -0.2) is 4.79 Å². The second kappa shape index (κ2) is 14.2. The number of carbonyl (C=O) groups is 5. The van der Waals surface area contributed by atoms with Gasteiger partial charge in [-0.15, -0.1) is 0 Å². The molecule has 0 radical (unpaired) electrons. The lowest BCUT2D eigenvalue weighted by Crippen LogP contribution is -2.24. The Kier molecular flexibility index (Phi) is 10.5. The fraction of sp³-hybridized carbons (Fsp3) is 0.233. The summed E-state index contributed by atoms with van der Waals surface area (Å²) < 4.78 is 15.3. The lowest BCUT2D eigenvalue weighted by molar-refractivity contribution is -0.142. The summed E-state index contributed by atoms with van der Waals surface area (Å²) in [5, 5.41) is 2.68. The standard InChI is InChI=1S/C30H29NO8/c1-20(29(35)22-7-4-3-5-8-22)39-30(36)23-11-15-24(16-12-23)31-27(33)9-6-10-28(34)38-19-26(32)21-13-17-25(37-2)18-14-21/h3-5,7-8,11-18,20H,6,9-10,19H2,1-2H3,(H,31,33)/t20-/m1/s1. The number of carbonyl (C=O) groups excluding carboxylic acids is 5. The molecule has 202 valence electrons. The van der Waals surface area contributed by atoms with Crippen LogP contribution < -0.4 is 10.1 Å². The lowest BCUT2D eigenvalue weighted by atomic mass is 10.1. The number of hydrogen-bond donors (Lipinski definition) is 1. The molecule has 1 atom stereocenters. The van der Waals surface area contributed by atoms with E-state index in [0.29, 0.717) is 22.6 Å². The first-order valence-electron chi connectivity index (χ1n) is 12.3. The Morgan fingerprint density at radius 1 is 0.769 bits per heavy atom. The van der Waals surface area contributed by atoms with Gasteiger partial charge in [-0.2, -0.15) is 0 Å². The largest absolute Gasteiger partial charge is 0.497 e. The molecule has 0 saturated heterocycles. The lowest BCUT2D eigenvalue weighted by Gasteiger charge is -2.12. The number of benzene rings is 3. The fourth-order valence-corrected chi connectivity index (χ4v) is 3.50. The molecule has 1 amide bonds. The minimum atomic E-state index is -0.952. The van der Waals surface area contributed by atoms with Crippen LogP contribution in [0.5, 0.6) is 5.75 Å². The van der Waals surface area contributed by atoms with Gasteiger partial charge in [0.15, 0.2) is 18.5 Å². The Hall–Kier alpha value is -4.79. The predicted molar refractivity (Wildman–Crippen MR) is 143 cm³/mol. The van der Waals surface area contributed by atoms with Gasteiger partial charge in [-0.1, -0.05) is 30.3 Å². The molecular formula is C30H29NO8. The van der Waals surface area contributed by atoms with Gasteiger partial charge in [-0.3, -0.25) is 19.2 Å². The quantitative estimate of drug-likeness (QED) is 0.249. The molecule has 0 unspecified atom stereocenters. The third-order valence-electron chi connectivity index (χ3n) is 5.68. The number of ether oxygens (including phenoxy) is 3. The minimum Gasteiger partial charge on any atom is -0.497 e. The Morgan fingerprint density at radius 2 is 1.41 bits per heavy atom. The van der Waals surface area contributed by atoms with Crippen molar-refractivity contribution in [2.24, 2.45) is 0 Å². The van der Waals surface area contributed by atoms with Crippen LogP contribution in [0.1, 0.15) is 57.3 Å². The minimum absolute atomic E-state index is 0.0199. The second-order valence-electron chi connectivity index (χ2n) is 8.57. The molecular weight excluding hydrogens is 502 g/mol. The predicted octanol–water partition coefficient (Wildman–Crippen LogP) is 4.66. The van der Waals surface area contributed by atoms with Crippen LogP contribution in [0.3, 0.4) is 0 Å². The summed E-state index contributed by atoms with van der Waals surface area (Å²) in [5.41, 5.74) is 1.54. The van der Waals surface area contributed by atoms with E-state index in [1.807, 2.05) is 0 Å². The molecule has 0 heterocycles. The number of rotatable bonds is 13. The molecule has 0 aliphatic heterocycles. The average molecular weight is 532 g/mol. The molecule has 0 aromatic heterocycles. The average Bonchev–Trinajstić information content (AvgIpc) is 2.96. The fourth-order valence-electron chi connectivity index (χ4n) is 3.50. The number of ketones is 2. The van der Waals surface area contributed by atoms with Gasteiger partial charge in [-0.05, 0) is 61.9 Å². The van der Waals surface area contributed by atoms with Crippen LogP contribution in [-0.4, -0.2) is 49.2 Å². The monoisotopic (exact) mass is 531 g/mol. The number of methoxy groups -OCH3 is 1. The first kappa shape index (κ1) is 28.8. The van der Waals surface area contributed by atoms with Gasteiger partial charge in [0.25, 0.3) is 0 Å². The molecule has 9 nitrogen and oxygen atoms in total. The van der Waals surface area contributed by atoms with Crippen LogP contribution in [0.15, 0.2) is 78.9 Å². The SMILES string of the molecule is COc1ccc(C(=O)COC(=O)CCCC(=O)Nc2ccc(C(=O)O[C@H](C)C(=O)c3ccccc3)cc2)cc1. The van der Waals surface area contributed by atoms with Crippen molar-refractivity contribution in [2.75, 3.05) is 19.0 Å². The van der Waals surface area contributed by atoms with Gasteiger partial charge in [0.2, 0.25) is 11.7 Å². The normalized spacial score (nSPS) is 11.1. The highest BCUT2D eigenvalue weighted by atomic mass is 16.5. The number of Topliss-reactive ketones (excluding diaryl/α,β-unsaturated/α-hetero) is 2. The van der Waals surface area contributed by atoms with Gasteiger partial charge in [0.05, 0.1) is 12.7 Å². The number of esters is 2. The molecule has 1 N–H and O–H groups in total. The van der Waals surface area contributed by atoms with Gasteiger partial charge in [0.1, 0.15) is 5.75 Å². The molecule has 3 aromatic carbocycles. The van der Waals surface area contributed by atoms with Crippen LogP contribution in [0.2, 0.25) is 0 Å². The van der Waals surface area contributed by atoms with E-state index >= 15 is 0 Å². The highest BCUT2D eigenvalue weighted by Crippen LogP contribution is 2.15. The van der Waals surface area contributed by atoms with Crippen molar-refractivity contribution in [3.8, 4) is 5.75 Å². The van der Waals surface area contributed by atoms with Crippen molar-refractivity contribution >= 4 is 35.1 Å². The molecule has 3 aromatic rings.